The van der Waals surface area contributed by atoms with Crippen molar-refractivity contribution in [3.8, 4) is 0 Å². The van der Waals surface area contributed by atoms with E-state index in [4.69, 9.17) is 0 Å². The minimum Gasteiger partial charge on any atom is -0.370 e. The molecule has 0 radical (unpaired) electrons. The van der Waals surface area contributed by atoms with Crippen LogP contribution in [0, 0.1) is 12.8 Å². The number of anilines is 2. The Morgan fingerprint density at radius 2 is 1.76 bits per heavy atom. The predicted octanol–water partition coefficient (Wildman–Crippen LogP) is 3.21. The van der Waals surface area contributed by atoms with E-state index in [-0.39, 0.29) is 16.9 Å². The van der Waals surface area contributed by atoms with Crippen molar-refractivity contribution in [2.45, 2.75) is 50.3 Å². The van der Waals surface area contributed by atoms with Crippen molar-refractivity contribution in [2.75, 3.05) is 23.3 Å². The molecule has 7 nitrogen and oxygen atoms in total. The number of aryl methyl sites for hydroxylation is 1. The third-order valence-corrected chi connectivity index (χ3v) is 7.60. The molecule has 8 heteroatoms. The molecular formula is C21H28N4O3S. The summed E-state index contributed by atoms with van der Waals surface area (Å²) in [4.78, 5) is 23.0. The molecule has 0 saturated carbocycles. The second kappa shape index (κ2) is 8.10. The van der Waals surface area contributed by atoms with E-state index >= 15 is 0 Å². The number of carbonyl (C=O) groups is 1. The molecule has 3 heterocycles. The van der Waals surface area contributed by atoms with E-state index in [1.165, 1.54) is 0 Å². The molecule has 1 fully saturated rings. The van der Waals surface area contributed by atoms with E-state index in [1.54, 1.807) is 51.4 Å². The number of pyridine rings is 2. The second-order valence-corrected chi connectivity index (χ2v) is 11.1. The average molecular weight is 417 g/mol. The van der Waals surface area contributed by atoms with Gasteiger partial charge in [0.05, 0.1) is 16.6 Å². The quantitative estimate of drug-likeness (QED) is 0.823. The monoisotopic (exact) mass is 416 g/mol. The van der Waals surface area contributed by atoms with E-state index in [1.807, 2.05) is 13.0 Å². The van der Waals surface area contributed by atoms with Gasteiger partial charge in [-0.15, -0.1) is 0 Å². The lowest BCUT2D eigenvalue weighted by molar-refractivity contribution is -0.120. The van der Waals surface area contributed by atoms with Crippen LogP contribution in [0.2, 0.25) is 0 Å². The van der Waals surface area contributed by atoms with Gasteiger partial charge in [0.15, 0.2) is 14.9 Å². The topological polar surface area (TPSA) is 92.3 Å². The number of nitrogens with zero attached hydrogens (tertiary/aromatic N) is 3. The summed E-state index contributed by atoms with van der Waals surface area (Å²) in [5.41, 5.74) is 1.92. The van der Waals surface area contributed by atoms with E-state index < -0.39 is 14.6 Å². The zero-order valence-electron chi connectivity index (χ0n) is 17.3. The Bertz CT molecular complexity index is 956. The van der Waals surface area contributed by atoms with Crippen LogP contribution in [0.25, 0.3) is 0 Å². The molecule has 1 amide bonds. The highest BCUT2D eigenvalue weighted by atomic mass is 32.2. The number of carbonyl (C=O) groups excluding carboxylic acids is 1. The van der Waals surface area contributed by atoms with Crippen LogP contribution in [0.15, 0.2) is 41.7 Å². The second-order valence-electron chi connectivity index (χ2n) is 8.44. The highest BCUT2D eigenvalue weighted by Gasteiger charge is 2.32. The van der Waals surface area contributed by atoms with Crippen LogP contribution in [0.5, 0.6) is 0 Å². The summed E-state index contributed by atoms with van der Waals surface area (Å²) in [6.45, 7) is 8.38. The average Bonchev–Trinajstić information content (AvgIpc) is 2.69. The van der Waals surface area contributed by atoms with Gasteiger partial charge in [0.2, 0.25) is 5.91 Å². The molecule has 1 saturated heterocycles. The van der Waals surface area contributed by atoms with Gasteiger partial charge < -0.3 is 10.2 Å². The molecule has 3 rings (SSSR count). The SMILES string of the molecule is Cc1ccc(NC(=O)C2CCN(c3ccc(S(=O)(=O)C(C)(C)C)nc3)CC2)nc1. The number of piperidine rings is 1. The number of sulfone groups is 1. The maximum atomic E-state index is 12.5. The number of amides is 1. The standard InChI is InChI=1S/C21H28N4O3S/c1-15-5-7-18(22-13-15)24-20(26)16-9-11-25(12-10-16)17-6-8-19(23-14-17)29(27,28)21(2,3)4/h5-8,13-14,16H,9-12H2,1-4H3,(H,22,24,26). The molecule has 1 aliphatic heterocycles. The van der Waals surface area contributed by atoms with Gasteiger partial charge in [0.1, 0.15) is 5.82 Å². The molecule has 1 aliphatic rings. The van der Waals surface area contributed by atoms with Crippen molar-refractivity contribution in [3.05, 3.63) is 42.2 Å². The van der Waals surface area contributed by atoms with E-state index in [0.29, 0.717) is 18.9 Å². The third kappa shape index (κ3) is 4.75. The Kier molecular flexibility index (Phi) is 5.93. The number of hydrogen-bond acceptors (Lipinski definition) is 6. The van der Waals surface area contributed by atoms with Crippen LogP contribution in [0.1, 0.15) is 39.2 Å². The van der Waals surface area contributed by atoms with Gasteiger partial charge in [0.25, 0.3) is 0 Å². The summed E-state index contributed by atoms with van der Waals surface area (Å²) in [7, 11) is -3.46. The van der Waals surface area contributed by atoms with Crippen LogP contribution in [0.4, 0.5) is 11.5 Å². The third-order valence-electron chi connectivity index (χ3n) is 5.20. The van der Waals surface area contributed by atoms with E-state index in [2.05, 4.69) is 20.2 Å². The fraction of sp³-hybridized carbons (Fsp3) is 0.476. The van der Waals surface area contributed by atoms with E-state index in [0.717, 1.165) is 24.1 Å². The maximum Gasteiger partial charge on any atom is 0.228 e. The smallest absolute Gasteiger partial charge is 0.228 e. The van der Waals surface area contributed by atoms with Crippen molar-refractivity contribution < 1.29 is 13.2 Å². The van der Waals surface area contributed by atoms with Crippen molar-refractivity contribution in [3.63, 3.8) is 0 Å². The van der Waals surface area contributed by atoms with Crippen LogP contribution in [-0.2, 0) is 14.6 Å². The molecular weight excluding hydrogens is 388 g/mol. The zero-order valence-corrected chi connectivity index (χ0v) is 18.2. The number of nitrogens with one attached hydrogen (secondary N) is 1. The van der Waals surface area contributed by atoms with Gasteiger partial charge in [-0.25, -0.2) is 18.4 Å². The Labute approximate surface area is 172 Å². The van der Waals surface area contributed by atoms with Crippen LogP contribution in [-0.4, -0.2) is 42.1 Å². The van der Waals surface area contributed by atoms with Crippen molar-refractivity contribution in [1.29, 1.82) is 0 Å². The van der Waals surface area contributed by atoms with Crippen molar-refractivity contribution >= 4 is 27.2 Å². The first-order valence-corrected chi connectivity index (χ1v) is 11.3. The number of aromatic nitrogens is 2. The molecule has 0 aliphatic carbocycles. The highest BCUT2D eigenvalue weighted by molar-refractivity contribution is 7.92. The Hall–Kier alpha value is -2.48. The number of hydrogen-bond donors (Lipinski definition) is 1. The van der Waals surface area contributed by atoms with Crippen molar-refractivity contribution in [2.24, 2.45) is 5.92 Å². The predicted molar refractivity (Wildman–Crippen MR) is 114 cm³/mol. The molecule has 29 heavy (non-hydrogen) atoms. The lowest BCUT2D eigenvalue weighted by atomic mass is 9.95. The van der Waals surface area contributed by atoms with Crippen LogP contribution < -0.4 is 10.2 Å². The largest absolute Gasteiger partial charge is 0.370 e. The minimum atomic E-state index is -3.46. The lowest BCUT2D eigenvalue weighted by Gasteiger charge is -2.32. The molecule has 2 aromatic heterocycles. The lowest BCUT2D eigenvalue weighted by Crippen LogP contribution is -2.38. The Morgan fingerprint density at radius 1 is 1.07 bits per heavy atom. The Morgan fingerprint density at radius 3 is 2.28 bits per heavy atom. The first kappa shape index (κ1) is 21.2. The molecule has 156 valence electrons. The Balaban J connectivity index is 1.59. The summed E-state index contributed by atoms with van der Waals surface area (Å²) < 4.78 is 24.1. The molecule has 0 spiro atoms. The van der Waals surface area contributed by atoms with Gasteiger partial charge in [-0.05, 0) is 64.3 Å². The highest BCUT2D eigenvalue weighted by Crippen LogP contribution is 2.27. The summed E-state index contributed by atoms with van der Waals surface area (Å²) in [6, 6.07) is 7.09. The van der Waals surface area contributed by atoms with Crippen molar-refractivity contribution in [1.82, 2.24) is 9.97 Å². The number of rotatable bonds is 4. The summed E-state index contributed by atoms with van der Waals surface area (Å²) >= 11 is 0. The first-order chi connectivity index (χ1) is 13.6. The fourth-order valence-electron chi connectivity index (χ4n) is 3.20. The molecule has 0 atom stereocenters. The first-order valence-electron chi connectivity index (χ1n) is 9.77. The molecule has 0 bridgehead atoms. The summed E-state index contributed by atoms with van der Waals surface area (Å²) in [5.74, 6) is 0.497. The van der Waals surface area contributed by atoms with Crippen LogP contribution in [0.3, 0.4) is 0 Å². The molecule has 1 N–H and O–H groups in total. The minimum absolute atomic E-state index is 0.00857. The molecule has 0 aromatic carbocycles. The zero-order chi connectivity index (χ0) is 21.2. The molecule has 2 aromatic rings. The molecule has 0 unspecified atom stereocenters. The fourth-order valence-corrected chi connectivity index (χ4v) is 4.27. The van der Waals surface area contributed by atoms with Gasteiger partial charge in [-0.3, -0.25) is 4.79 Å². The van der Waals surface area contributed by atoms with Gasteiger partial charge >= 0.3 is 0 Å². The van der Waals surface area contributed by atoms with Gasteiger partial charge in [0, 0.05) is 25.2 Å². The summed E-state index contributed by atoms with van der Waals surface area (Å²) in [5, 5.41) is 2.98. The normalized spacial score (nSPS) is 15.9. The van der Waals surface area contributed by atoms with Gasteiger partial charge in [-0.2, -0.15) is 0 Å². The summed E-state index contributed by atoms with van der Waals surface area (Å²) in [6.07, 6.45) is 4.78. The van der Waals surface area contributed by atoms with Crippen LogP contribution >= 0.6 is 0 Å². The van der Waals surface area contributed by atoms with E-state index in [9.17, 15) is 13.2 Å². The van der Waals surface area contributed by atoms with Gasteiger partial charge in [-0.1, -0.05) is 6.07 Å². The maximum absolute atomic E-state index is 12.5.